The van der Waals surface area contributed by atoms with E-state index in [1.165, 1.54) is 17.6 Å². The lowest BCUT2D eigenvalue weighted by atomic mass is 10.00. The monoisotopic (exact) mass is 435 g/mol. The Kier molecular flexibility index (Phi) is 5.22. The molecule has 0 atom stereocenters. The van der Waals surface area contributed by atoms with Crippen LogP contribution in [0.1, 0.15) is 0 Å². The van der Waals surface area contributed by atoms with Gasteiger partial charge < -0.3 is 4.90 Å². The average Bonchev–Trinajstić information content (AvgIpc) is 2.73. The zero-order chi connectivity index (χ0) is 21.5. The second-order valence-corrected chi connectivity index (χ2v) is 10.4. The topological polar surface area (TPSA) is 54.5 Å². The Balaban J connectivity index is 1.98. The van der Waals surface area contributed by atoms with Gasteiger partial charge in [0.2, 0.25) is 0 Å². The second kappa shape index (κ2) is 7.70. The molecule has 1 heterocycles. The van der Waals surface area contributed by atoms with Crippen molar-refractivity contribution in [1.29, 1.82) is 0 Å². The Labute approximate surface area is 180 Å². The highest BCUT2D eigenvalue weighted by atomic mass is 32.2. The average molecular weight is 436 g/mol. The van der Waals surface area contributed by atoms with Gasteiger partial charge in [-0.25, -0.2) is 8.42 Å². The predicted octanol–water partition coefficient (Wildman–Crippen LogP) is 5.07. The predicted molar refractivity (Wildman–Crippen MR) is 126 cm³/mol. The van der Waals surface area contributed by atoms with Crippen molar-refractivity contribution in [3.8, 4) is 21.6 Å². The Bertz CT molecular complexity index is 1390. The third-order valence-corrected chi connectivity index (χ3v) is 7.36. The Morgan fingerprint density at radius 2 is 1.40 bits per heavy atom. The second-order valence-electron chi connectivity index (χ2n) is 7.37. The van der Waals surface area contributed by atoms with E-state index >= 15 is 0 Å². The molecule has 0 saturated heterocycles. The summed E-state index contributed by atoms with van der Waals surface area (Å²) in [6.07, 6.45) is 1.19. The van der Waals surface area contributed by atoms with Crippen LogP contribution in [-0.2, 0) is 9.84 Å². The molecule has 0 fully saturated rings. The van der Waals surface area contributed by atoms with Gasteiger partial charge in [0.15, 0.2) is 15.3 Å². The fraction of sp³-hybridized carbons (Fsp3) is 0.125. The maximum Gasteiger partial charge on any atom is 0.196 e. The first-order valence-electron chi connectivity index (χ1n) is 9.40. The summed E-state index contributed by atoms with van der Waals surface area (Å²) in [5.74, 6) is 0. The zero-order valence-electron chi connectivity index (χ0n) is 16.9. The van der Waals surface area contributed by atoms with E-state index in [1.807, 2.05) is 67.5 Å². The quantitative estimate of drug-likeness (QED) is 0.449. The van der Waals surface area contributed by atoms with Gasteiger partial charge in [0, 0.05) is 46.6 Å². The van der Waals surface area contributed by atoms with Gasteiger partial charge in [-0.1, -0.05) is 36.4 Å². The lowest BCUT2D eigenvalue weighted by Gasteiger charge is -2.14. The van der Waals surface area contributed by atoms with E-state index in [9.17, 15) is 13.2 Å². The summed E-state index contributed by atoms with van der Waals surface area (Å²) < 4.78 is 24.6. The van der Waals surface area contributed by atoms with Crippen molar-refractivity contribution in [3.63, 3.8) is 0 Å². The van der Waals surface area contributed by atoms with E-state index in [0.717, 1.165) is 26.4 Å². The van der Waals surface area contributed by atoms with Crippen LogP contribution in [0.5, 0.6) is 0 Å². The van der Waals surface area contributed by atoms with E-state index < -0.39 is 9.84 Å². The number of hydrogen-bond donors (Lipinski definition) is 0. The number of benzene rings is 3. The molecule has 1 aromatic heterocycles. The van der Waals surface area contributed by atoms with Gasteiger partial charge in [0.25, 0.3) is 0 Å². The molecule has 0 saturated carbocycles. The van der Waals surface area contributed by atoms with Crippen molar-refractivity contribution in [2.24, 2.45) is 0 Å². The largest absolute Gasteiger partial charge is 0.378 e. The summed E-state index contributed by atoms with van der Waals surface area (Å²) in [4.78, 5) is 16.6. The van der Waals surface area contributed by atoms with Crippen LogP contribution in [0.25, 0.3) is 31.7 Å². The van der Waals surface area contributed by atoms with E-state index in [0.29, 0.717) is 10.9 Å². The van der Waals surface area contributed by atoms with Crippen molar-refractivity contribution < 1.29 is 8.42 Å². The number of rotatable bonds is 4. The van der Waals surface area contributed by atoms with E-state index in [-0.39, 0.29) is 10.3 Å². The van der Waals surface area contributed by atoms with Gasteiger partial charge in [-0.2, -0.15) is 0 Å². The number of nitrogens with zero attached hydrogens (tertiary/aromatic N) is 1. The highest BCUT2D eigenvalue weighted by molar-refractivity contribution is 7.90. The Hall–Kier alpha value is -2.96. The molecule has 0 bridgehead atoms. The maximum atomic E-state index is 13.5. The van der Waals surface area contributed by atoms with Crippen LogP contribution in [0.2, 0.25) is 0 Å². The first-order chi connectivity index (χ1) is 14.3. The SMILES string of the molecule is CN(C)c1ccc(-c2c(-c3ccc(S(C)(=O)=O)cc3)sc3ccccc3c2=O)cc1. The normalized spacial score (nSPS) is 11.6. The summed E-state index contributed by atoms with van der Waals surface area (Å²) in [7, 11) is 0.663. The van der Waals surface area contributed by atoms with Crippen LogP contribution in [0.15, 0.2) is 82.5 Å². The van der Waals surface area contributed by atoms with Crippen LogP contribution in [-0.4, -0.2) is 28.8 Å². The molecule has 30 heavy (non-hydrogen) atoms. The molecule has 0 amide bonds. The number of sulfone groups is 1. The highest BCUT2D eigenvalue weighted by Crippen LogP contribution is 2.37. The van der Waals surface area contributed by atoms with Gasteiger partial charge in [-0.3, -0.25) is 4.79 Å². The fourth-order valence-corrected chi connectivity index (χ4v) is 5.22. The molecule has 0 aliphatic rings. The molecule has 0 spiro atoms. The molecule has 3 aromatic carbocycles. The fourth-order valence-electron chi connectivity index (χ4n) is 3.39. The molecule has 0 aliphatic carbocycles. The lowest BCUT2D eigenvalue weighted by Crippen LogP contribution is -2.09. The van der Waals surface area contributed by atoms with Crippen LogP contribution < -0.4 is 10.3 Å². The molecule has 0 N–H and O–H groups in total. The van der Waals surface area contributed by atoms with E-state index in [2.05, 4.69) is 0 Å². The molecule has 6 heteroatoms. The van der Waals surface area contributed by atoms with Gasteiger partial charge in [-0.05, 0) is 47.5 Å². The summed E-state index contributed by atoms with van der Waals surface area (Å²) in [6, 6.07) is 22.2. The van der Waals surface area contributed by atoms with Crippen LogP contribution in [0.4, 0.5) is 5.69 Å². The molecule has 4 nitrogen and oxygen atoms in total. The van der Waals surface area contributed by atoms with Crippen LogP contribution in [0.3, 0.4) is 0 Å². The summed E-state index contributed by atoms with van der Waals surface area (Å²) >= 11 is 1.54. The van der Waals surface area contributed by atoms with Crippen LogP contribution >= 0.6 is 11.3 Å². The molecule has 152 valence electrons. The van der Waals surface area contributed by atoms with Gasteiger partial charge in [0.1, 0.15) is 0 Å². The number of hydrogen-bond acceptors (Lipinski definition) is 5. The van der Waals surface area contributed by atoms with Crippen LogP contribution in [0, 0.1) is 0 Å². The minimum Gasteiger partial charge on any atom is -0.378 e. The zero-order valence-corrected chi connectivity index (χ0v) is 18.5. The molecule has 0 aliphatic heterocycles. The highest BCUT2D eigenvalue weighted by Gasteiger charge is 2.17. The van der Waals surface area contributed by atoms with Crippen molar-refractivity contribution in [2.45, 2.75) is 4.90 Å². The van der Waals surface area contributed by atoms with Gasteiger partial charge in [0.05, 0.1) is 4.90 Å². The summed E-state index contributed by atoms with van der Waals surface area (Å²) in [6.45, 7) is 0. The van der Waals surface area contributed by atoms with E-state index in [4.69, 9.17) is 0 Å². The first-order valence-corrected chi connectivity index (χ1v) is 12.1. The number of anilines is 1. The molecule has 0 unspecified atom stereocenters. The number of fused-ring (bicyclic) bond motifs is 1. The third kappa shape index (κ3) is 3.76. The minimum absolute atomic E-state index is 0.0239. The summed E-state index contributed by atoms with van der Waals surface area (Å²) in [5.41, 5.74) is 3.33. The molecule has 0 radical (unpaired) electrons. The molecular formula is C24H21NO3S2. The van der Waals surface area contributed by atoms with E-state index in [1.54, 1.807) is 24.3 Å². The first kappa shape index (κ1) is 20.3. The third-order valence-electron chi connectivity index (χ3n) is 5.01. The smallest absolute Gasteiger partial charge is 0.196 e. The van der Waals surface area contributed by atoms with Crippen molar-refractivity contribution in [3.05, 3.63) is 83.0 Å². The van der Waals surface area contributed by atoms with Crippen molar-refractivity contribution >= 4 is 36.9 Å². The molecule has 4 rings (SSSR count). The van der Waals surface area contributed by atoms with Crippen molar-refractivity contribution in [2.75, 3.05) is 25.3 Å². The molecule has 4 aromatic rings. The van der Waals surface area contributed by atoms with Gasteiger partial charge >= 0.3 is 0 Å². The molecular weight excluding hydrogens is 414 g/mol. The van der Waals surface area contributed by atoms with Gasteiger partial charge in [-0.15, -0.1) is 11.3 Å². The standard InChI is InChI=1S/C24H21NO3S2/c1-25(2)18-12-8-16(9-13-18)22-23(26)20-6-4-5-7-21(20)29-24(22)17-10-14-19(15-11-17)30(3,27)28/h4-15H,1-3H3. The Morgan fingerprint density at radius 1 is 0.800 bits per heavy atom. The van der Waals surface area contributed by atoms with Crippen molar-refractivity contribution in [1.82, 2.24) is 0 Å². The maximum absolute atomic E-state index is 13.5. The minimum atomic E-state index is -3.28. The summed E-state index contributed by atoms with van der Waals surface area (Å²) in [5, 5.41) is 0.686. The lowest BCUT2D eigenvalue weighted by molar-refractivity contribution is 0.602. The Morgan fingerprint density at radius 3 is 2.00 bits per heavy atom.